The molecule has 1 aliphatic carbocycles. The Hall–Kier alpha value is -3.80. The number of benzene rings is 1. The second-order valence-corrected chi connectivity index (χ2v) is 11.8. The van der Waals surface area contributed by atoms with Gasteiger partial charge in [0.2, 0.25) is 0 Å². The summed E-state index contributed by atoms with van der Waals surface area (Å²) in [4.78, 5) is 59.3. The number of hydrogen-bond acceptors (Lipinski definition) is 10. The van der Waals surface area contributed by atoms with Gasteiger partial charge in [-0.3, -0.25) is 19.1 Å². The first-order valence-corrected chi connectivity index (χ1v) is 13.0. The van der Waals surface area contributed by atoms with Gasteiger partial charge in [0.1, 0.15) is 29.6 Å². The van der Waals surface area contributed by atoms with Gasteiger partial charge in [0, 0.05) is 19.5 Å². The summed E-state index contributed by atoms with van der Waals surface area (Å²) in [5, 5.41) is 16.7. The first-order valence-electron chi connectivity index (χ1n) is 13.0. The summed E-state index contributed by atoms with van der Waals surface area (Å²) in [6, 6.07) is 8.16. The number of amides is 1. The second-order valence-electron chi connectivity index (χ2n) is 11.8. The molecule has 1 aromatic carbocycles. The van der Waals surface area contributed by atoms with Gasteiger partial charge in [-0.25, -0.2) is 9.78 Å². The lowest BCUT2D eigenvalue weighted by molar-refractivity contribution is -0.212. The summed E-state index contributed by atoms with van der Waals surface area (Å²) < 4.78 is 19.1. The topological polar surface area (TPSA) is 150 Å². The number of nitrogens with zero attached hydrogens (tertiary/aromatic N) is 4. The van der Waals surface area contributed by atoms with E-state index in [1.807, 2.05) is 0 Å². The van der Waals surface area contributed by atoms with E-state index in [-0.39, 0.29) is 24.9 Å². The molecule has 3 saturated heterocycles. The van der Waals surface area contributed by atoms with Gasteiger partial charge in [0.05, 0.1) is 17.6 Å². The van der Waals surface area contributed by atoms with E-state index >= 15 is 0 Å². The Morgan fingerprint density at radius 1 is 1.15 bits per heavy atom. The van der Waals surface area contributed by atoms with E-state index in [2.05, 4.69) is 10.1 Å². The van der Waals surface area contributed by atoms with Crippen LogP contribution in [0.5, 0.6) is 0 Å². The van der Waals surface area contributed by atoms with Gasteiger partial charge in [0.15, 0.2) is 12.3 Å². The maximum atomic E-state index is 14.2. The number of ether oxygens (including phenoxy) is 3. The molecule has 0 bridgehead atoms. The van der Waals surface area contributed by atoms with Crippen LogP contribution in [0, 0.1) is 16.2 Å². The van der Waals surface area contributed by atoms with Gasteiger partial charge in [-0.1, -0.05) is 39.0 Å². The van der Waals surface area contributed by atoms with E-state index in [0.29, 0.717) is 13.0 Å². The first-order chi connectivity index (χ1) is 18.5. The van der Waals surface area contributed by atoms with Crippen LogP contribution in [0.15, 0.2) is 43.0 Å². The second kappa shape index (κ2) is 8.35. The number of esters is 3. The largest absolute Gasteiger partial charge is 0.461 e. The van der Waals surface area contributed by atoms with E-state index in [1.165, 1.54) is 11.2 Å². The Morgan fingerprint density at radius 2 is 1.90 bits per heavy atom. The monoisotopic (exact) mass is 538 g/mol. The van der Waals surface area contributed by atoms with E-state index in [4.69, 9.17) is 14.2 Å². The lowest BCUT2D eigenvalue weighted by Crippen LogP contribution is -2.66. The standard InChI is InChI=1S/C27H30N4O8/c1-24(2,3)26(36)12-17-25(13-18(32)37-17)23(35)39-22-27(25,26)19(38-21(34)16-8-5-4-6-9-16)20(33)31(22)11-7-10-30-15-28-14-29-30/h4-6,8-9,14-15,17,19,22,36H,7,10-13H2,1-3H3/t17-,19-,22-,25-,26+,27?/m0/s1. The van der Waals surface area contributed by atoms with Crippen LogP contribution in [-0.4, -0.2) is 79.2 Å². The number of hydrogen-bond donors (Lipinski definition) is 1. The van der Waals surface area contributed by atoms with E-state index in [0.717, 1.165) is 0 Å². The number of rotatable bonds is 6. The molecule has 1 unspecified atom stereocenters. The molecule has 206 valence electrons. The molecule has 1 aromatic heterocycles. The molecule has 3 aliphatic heterocycles. The van der Waals surface area contributed by atoms with Crippen molar-refractivity contribution >= 4 is 23.8 Å². The van der Waals surface area contributed by atoms with Gasteiger partial charge < -0.3 is 24.2 Å². The lowest BCUT2D eigenvalue weighted by atomic mass is 9.52. The molecule has 1 N–H and O–H groups in total. The summed E-state index contributed by atoms with van der Waals surface area (Å²) in [5.74, 6) is -2.75. The lowest BCUT2D eigenvalue weighted by Gasteiger charge is -2.51. The fraction of sp³-hybridized carbons (Fsp3) is 0.556. The molecule has 12 heteroatoms. The molecule has 12 nitrogen and oxygen atoms in total. The van der Waals surface area contributed by atoms with Gasteiger partial charge >= 0.3 is 17.9 Å². The van der Waals surface area contributed by atoms with Crippen LogP contribution in [0.3, 0.4) is 0 Å². The molecule has 6 atom stereocenters. The first kappa shape index (κ1) is 25.5. The number of carbonyl (C=O) groups excluding carboxylic acids is 4. The third-order valence-corrected chi connectivity index (χ3v) is 9.05. The maximum Gasteiger partial charge on any atom is 0.338 e. The van der Waals surface area contributed by atoms with Gasteiger partial charge in [0.25, 0.3) is 5.91 Å². The van der Waals surface area contributed by atoms with Crippen molar-refractivity contribution in [1.29, 1.82) is 0 Å². The van der Waals surface area contributed by atoms with E-state index < -0.39 is 64.1 Å². The third kappa shape index (κ3) is 3.14. The summed E-state index contributed by atoms with van der Waals surface area (Å²) in [5.41, 5.74) is -6.01. The molecule has 0 radical (unpaired) electrons. The van der Waals surface area contributed by atoms with Crippen molar-refractivity contribution in [3.8, 4) is 0 Å². The molecular weight excluding hydrogens is 508 g/mol. The van der Waals surface area contributed by atoms with Gasteiger partial charge in [-0.15, -0.1) is 0 Å². The minimum atomic E-state index is -1.79. The molecule has 1 amide bonds. The molecule has 6 rings (SSSR count). The molecule has 4 aliphatic rings. The quantitative estimate of drug-likeness (QED) is 0.418. The molecular formula is C27H30N4O8. The van der Waals surface area contributed by atoms with Crippen molar-refractivity contribution in [3.63, 3.8) is 0 Å². The fourth-order valence-electron chi connectivity index (χ4n) is 7.32. The highest BCUT2D eigenvalue weighted by atomic mass is 16.6. The Labute approximate surface area is 224 Å². The highest BCUT2D eigenvalue weighted by Gasteiger charge is 2.93. The van der Waals surface area contributed by atoms with Crippen LogP contribution in [0.2, 0.25) is 0 Å². The van der Waals surface area contributed by atoms with Crippen molar-refractivity contribution in [2.45, 2.75) is 70.6 Å². The summed E-state index contributed by atoms with van der Waals surface area (Å²) >= 11 is 0. The van der Waals surface area contributed by atoms with Crippen LogP contribution in [0.25, 0.3) is 0 Å². The van der Waals surface area contributed by atoms with Crippen LogP contribution >= 0.6 is 0 Å². The summed E-state index contributed by atoms with van der Waals surface area (Å²) in [6.07, 6.45) is -1.04. The number of carbonyl (C=O) groups is 4. The fourth-order valence-corrected chi connectivity index (χ4v) is 7.32. The van der Waals surface area contributed by atoms with Crippen molar-refractivity contribution in [1.82, 2.24) is 19.7 Å². The van der Waals surface area contributed by atoms with Crippen LogP contribution < -0.4 is 0 Å². The number of aromatic nitrogens is 3. The molecule has 1 saturated carbocycles. The highest BCUT2D eigenvalue weighted by molar-refractivity contribution is 5.99. The smallest absolute Gasteiger partial charge is 0.338 e. The zero-order valence-electron chi connectivity index (χ0n) is 21.9. The number of likely N-dealkylation sites (tertiary alicyclic amines) is 1. The van der Waals surface area contributed by atoms with Crippen molar-refractivity contribution in [3.05, 3.63) is 48.5 Å². The summed E-state index contributed by atoms with van der Waals surface area (Å²) in [6.45, 7) is 5.89. The summed E-state index contributed by atoms with van der Waals surface area (Å²) in [7, 11) is 0. The zero-order chi connectivity index (χ0) is 27.8. The molecule has 4 fully saturated rings. The average Bonchev–Trinajstić information content (AvgIpc) is 3.65. The van der Waals surface area contributed by atoms with Gasteiger partial charge in [-0.2, -0.15) is 5.10 Å². The maximum absolute atomic E-state index is 14.2. The minimum absolute atomic E-state index is 0.104. The normalized spacial score (nSPS) is 34.9. The Kier molecular flexibility index (Phi) is 5.45. The van der Waals surface area contributed by atoms with Crippen LogP contribution in [-0.2, 0) is 35.1 Å². The molecule has 2 spiro atoms. The predicted molar refractivity (Wildman–Crippen MR) is 130 cm³/mol. The Balaban J connectivity index is 1.49. The van der Waals surface area contributed by atoms with E-state index in [9.17, 15) is 24.3 Å². The Morgan fingerprint density at radius 3 is 2.56 bits per heavy atom. The predicted octanol–water partition coefficient (Wildman–Crippen LogP) is 1.09. The van der Waals surface area contributed by atoms with Crippen molar-refractivity contribution < 1.29 is 38.5 Å². The van der Waals surface area contributed by atoms with Crippen molar-refractivity contribution in [2.75, 3.05) is 6.54 Å². The molecule has 2 aromatic rings. The SMILES string of the molecule is CC(C)(C)[C@]1(O)C[C@@H]2OC(=O)C[C@@]23C(=O)O[C@@H]2N(CCCn4cncn4)C(=O)[C@H](OC(=O)c4ccccc4)C213. The Bertz CT molecular complexity index is 1340. The van der Waals surface area contributed by atoms with Crippen LogP contribution in [0.4, 0.5) is 0 Å². The number of aliphatic hydroxyl groups is 1. The van der Waals surface area contributed by atoms with Gasteiger partial charge in [-0.05, 0) is 24.0 Å². The highest BCUT2D eigenvalue weighted by Crippen LogP contribution is 2.76. The van der Waals surface area contributed by atoms with Crippen LogP contribution in [0.1, 0.15) is 50.4 Å². The third-order valence-electron chi connectivity index (χ3n) is 9.05. The number of aryl methyl sites for hydroxylation is 1. The average molecular weight is 539 g/mol. The van der Waals surface area contributed by atoms with Crippen molar-refractivity contribution in [2.24, 2.45) is 16.2 Å². The minimum Gasteiger partial charge on any atom is -0.461 e. The molecule has 4 heterocycles. The zero-order valence-corrected chi connectivity index (χ0v) is 21.9. The molecule has 39 heavy (non-hydrogen) atoms. The van der Waals surface area contributed by atoms with E-state index in [1.54, 1.807) is 62.1 Å².